The van der Waals surface area contributed by atoms with Gasteiger partial charge in [-0.25, -0.2) is 4.98 Å². The van der Waals surface area contributed by atoms with E-state index < -0.39 is 0 Å². The van der Waals surface area contributed by atoms with Gasteiger partial charge in [0, 0.05) is 11.5 Å². The maximum absolute atomic E-state index is 8.36. The molecule has 1 rings (SSSR count). The topological polar surface area (TPSA) is 74.0 Å². The van der Waals surface area contributed by atoms with Crippen molar-refractivity contribution in [2.75, 3.05) is 6.26 Å². The first kappa shape index (κ1) is 9.95. The Labute approximate surface area is 84.1 Å². The lowest BCUT2D eigenvalue weighted by Crippen LogP contribution is -2.12. The molecule has 0 saturated carbocycles. The summed E-state index contributed by atoms with van der Waals surface area (Å²) in [5.41, 5.74) is 0. The van der Waals surface area contributed by atoms with Crippen molar-refractivity contribution in [2.24, 2.45) is 4.99 Å². The standard InChI is InChI=1S/C6H7N5S2/c1-4-9-6(13-11-4)10-5(12-2)8-3-7/h1-2H3,(H,8,9,10,11). The molecule has 0 aliphatic rings. The number of hydrogen-bond acceptors (Lipinski definition) is 6. The van der Waals surface area contributed by atoms with Crippen LogP contribution in [-0.4, -0.2) is 20.8 Å². The Morgan fingerprint density at radius 2 is 2.54 bits per heavy atom. The summed E-state index contributed by atoms with van der Waals surface area (Å²) in [6, 6.07) is 0. The van der Waals surface area contributed by atoms with Gasteiger partial charge in [0.25, 0.3) is 0 Å². The highest BCUT2D eigenvalue weighted by atomic mass is 32.2. The predicted octanol–water partition coefficient (Wildman–Crippen LogP) is 1.27. The van der Waals surface area contributed by atoms with Gasteiger partial charge in [-0.15, -0.1) is 0 Å². The predicted molar refractivity (Wildman–Crippen MR) is 54.0 cm³/mol. The van der Waals surface area contributed by atoms with E-state index in [0.29, 0.717) is 16.1 Å². The largest absolute Gasteiger partial charge is 0.271 e. The molecule has 13 heavy (non-hydrogen) atoms. The lowest BCUT2D eigenvalue weighted by atomic mass is 10.7. The third-order valence-corrected chi connectivity index (χ3v) is 2.35. The zero-order valence-electron chi connectivity index (χ0n) is 7.11. The summed E-state index contributed by atoms with van der Waals surface area (Å²) in [7, 11) is 0. The Balaban J connectivity index is 2.79. The highest BCUT2D eigenvalue weighted by Crippen LogP contribution is 2.15. The van der Waals surface area contributed by atoms with Crippen molar-refractivity contribution in [1.82, 2.24) is 14.7 Å². The maximum atomic E-state index is 8.36. The minimum Gasteiger partial charge on any atom is -0.271 e. The summed E-state index contributed by atoms with van der Waals surface area (Å²) >= 11 is 2.56. The van der Waals surface area contributed by atoms with Crippen LogP contribution in [0.5, 0.6) is 0 Å². The number of amidine groups is 1. The fraction of sp³-hybridized carbons (Fsp3) is 0.333. The molecule has 0 unspecified atom stereocenters. The number of aliphatic imine (C=N–C) groups is 1. The minimum absolute atomic E-state index is 0.527. The number of nitriles is 1. The summed E-state index contributed by atoms with van der Waals surface area (Å²) in [5.74, 6) is 0.696. The molecule has 0 atom stereocenters. The highest BCUT2D eigenvalue weighted by molar-refractivity contribution is 8.13. The van der Waals surface area contributed by atoms with Crippen LogP contribution in [-0.2, 0) is 0 Å². The summed E-state index contributed by atoms with van der Waals surface area (Å²) < 4.78 is 3.97. The van der Waals surface area contributed by atoms with Gasteiger partial charge in [0.15, 0.2) is 11.4 Å². The van der Waals surface area contributed by atoms with Crippen molar-refractivity contribution in [1.29, 1.82) is 5.26 Å². The molecule has 5 nitrogen and oxygen atoms in total. The molecule has 68 valence electrons. The first-order chi connectivity index (χ1) is 6.26. The first-order valence-corrected chi connectivity index (χ1v) is 5.34. The van der Waals surface area contributed by atoms with Crippen molar-refractivity contribution >= 4 is 33.6 Å². The van der Waals surface area contributed by atoms with E-state index >= 15 is 0 Å². The van der Waals surface area contributed by atoms with Gasteiger partial charge in [0.1, 0.15) is 5.82 Å². The summed E-state index contributed by atoms with van der Waals surface area (Å²) in [5, 5.41) is 11.9. The van der Waals surface area contributed by atoms with Crippen LogP contribution >= 0.6 is 23.3 Å². The molecular formula is C6H7N5S2. The van der Waals surface area contributed by atoms with Crippen molar-refractivity contribution in [2.45, 2.75) is 6.92 Å². The number of aromatic nitrogens is 2. The molecule has 0 bridgehead atoms. The Morgan fingerprint density at radius 1 is 1.77 bits per heavy atom. The molecule has 0 aliphatic carbocycles. The average molecular weight is 213 g/mol. The molecule has 1 aromatic heterocycles. The molecule has 0 radical (unpaired) electrons. The van der Waals surface area contributed by atoms with Crippen LogP contribution in [0.1, 0.15) is 5.82 Å². The van der Waals surface area contributed by atoms with E-state index in [1.807, 2.05) is 6.26 Å². The Kier molecular flexibility index (Phi) is 3.67. The minimum atomic E-state index is 0.527. The van der Waals surface area contributed by atoms with Gasteiger partial charge in [0.05, 0.1) is 0 Å². The normalized spacial score (nSPS) is 11.0. The number of aryl methyl sites for hydroxylation is 1. The molecule has 7 heteroatoms. The molecule has 0 aromatic carbocycles. The average Bonchev–Trinajstić information content (AvgIpc) is 2.50. The number of thioether (sulfide) groups is 1. The lowest BCUT2D eigenvalue weighted by molar-refractivity contribution is 1.15. The molecule has 0 aliphatic heterocycles. The van der Waals surface area contributed by atoms with E-state index in [1.165, 1.54) is 23.3 Å². The lowest BCUT2D eigenvalue weighted by Gasteiger charge is -1.94. The van der Waals surface area contributed by atoms with E-state index in [4.69, 9.17) is 5.26 Å². The quantitative estimate of drug-likeness (QED) is 0.329. The van der Waals surface area contributed by atoms with Crippen LogP contribution in [0.2, 0.25) is 0 Å². The SMILES string of the molecule is CS/C(=N\c1nc(C)ns1)NC#N. The van der Waals surface area contributed by atoms with Crippen LogP contribution in [0.3, 0.4) is 0 Å². The van der Waals surface area contributed by atoms with E-state index in [2.05, 4.69) is 19.7 Å². The second-order valence-electron chi connectivity index (χ2n) is 1.98. The van der Waals surface area contributed by atoms with E-state index in [-0.39, 0.29) is 0 Å². The summed E-state index contributed by atoms with van der Waals surface area (Å²) in [6.45, 7) is 1.80. The van der Waals surface area contributed by atoms with Gasteiger partial charge in [-0.3, -0.25) is 5.32 Å². The molecule has 1 N–H and O–H groups in total. The van der Waals surface area contributed by atoms with E-state index in [1.54, 1.807) is 13.1 Å². The molecule has 0 fully saturated rings. The summed E-state index contributed by atoms with van der Waals surface area (Å²) in [6.07, 6.45) is 3.63. The number of nitrogens with zero attached hydrogens (tertiary/aromatic N) is 4. The van der Waals surface area contributed by atoms with Crippen molar-refractivity contribution < 1.29 is 0 Å². The van der Waals surface area contributed by atoms with Gasteiger partial charge >= 0.3 is 0 Å². The van der Waals surface area contributed by atoms with Crippen molar-refractivity contribution in [3.63, 3.8) is 0 Å². The van der Waals surface area contributed by atoms with Crippen LogP contribution in [0, 0.1) is 18.4 Å². The fourth-order valence-corrected chi connectivity index (χ4v) is 1.53. The number of nitrogens with one attached hydrogen (secondary N) is 1. The van der Waals surface area contributed by atoms with Crippen LogP contribution < -0.4 is 5.32 Å². The molecule has 1 aromatic rings. The van der Waals surface area contributed by atoms with Crippen molar-refractivity contribution in [3.05, 3.63) is 5.82 Å². The Hall–Kier alpha value is -1.13. The molecule has 0 saturated heterocycles. The van der Waals surface area contributed by atoms with Crippen LogP contribution in [0.4, 0.5) is 5.13 Å². The fourth-order valence-electron chi connectivity index (χ4n) is 0.591. The van der Waals surface area contributed by atoms with Gasteiger partial charge in [-0.1, -0.05) is 11.8 Å². The smallest absolute Gasteiger partial charge is 0.231 e. The monoisotopic (exact) mass is 213 g/mol. The van der Waals surface area contributed by atoms with Gasteiger partial charge in [-0.05, 0) is 13.2 Å². The van der Waals surface area contributed by atoms with Gasteiger partial charge in [-0.2, -0.15) is 14.6 Å². The first-order valence-electron chi connectivity index (χ1n) is 3.34. The Morgan fingerprint density at radius 3 is 3.00 bits per heavy atom. The third kappa shape index (κ3) is 3.01. The second kappa shape index (κ2) is 4.79. The summed E-state index contributed by atoms with van der Waals surface area (Å²) in [4.78, 5) is 8.12. The third-order valence-electron chi connectivity index (χ3n) is 1.07. The molecule has 1 heterocycles. The maximum Gasteiger partial charge on any atom is 0.231 e. The van der Waals surface area contributed by atoms with Gasteiger partial charge in [0.2, 0.25) is 5.13 Å². The van der Waals surface area contributed by atoms with E-state index in [9.17, 15) is 0 Å². The molecular weight excluding hydrogens is 206 g/mol. The van der Waals surface area contributed by atoms with Crippen LogP contribution in [0.25, 0.3) is 0 Å². The second-order valence-corrected chi connectivity index (χ2v) is 3.51. The van der Waals surface area contributed by atoms with E-state index in [0.717, 1.165) is 0 Å². The zero-order chi connectivity index (χ0) is 9.68. The number of rotatable bonds is 1. The van der Waals surface area contributed by atoms with Crippen LogP contribution in [0.15, 0.2) is 4.99 Å². The highest BCUT2D eigenvalue weighted by Gasteiger charge is 2.00. The molecule has 0 amide bonds. The Bertz CT molecular complexity index is 350. The zero-order valence-corrected chi connectivity index (χ0v) is 8.74. The van der Waals surface area contributed by atoms with Crippen molar-refractivity contribution in [3.8, 4) is 6.19 Å². The van der Waals surface area contributed by atoms with Gasteiger partial charge < -0.3 is 0 Å². The molecule has 0 spiro atoms. The number of hydrogen-bond donors (Lipinski definition) is 1.